The van der Waals surface area contributed by atoms with Crippen LogP contribution in [-0.2, 0) is 4.39 Å². The monoisotopic (exact) mass is 82.0 g/mol. The van der Waals surface area contributed by atoms with Crippen molar-refractivity contribution in [2.45, 2.75) is 0 Å². The average molecular weight is 82.5 g/mol. The lowest BCUT2D eigenvalue weighted by Gasteiger charge is -1.75. The number of hydrogen-bond acceptors (Lipinski definition) is 3. The number of halogens is 1. The summed E-state index contributed by atoms with van der Waals surface area (Å²) in [4.78, 5) is 0. The molecule has 0 aliphatic carbocycles. The number of nitrogens with two attached hydrogens (primary N) is 1. The summed E-state index contributed by atoms with van der Waals surface area (Å²) in [5, 5.41) is 0. The van der Waals surface area contributed by atoms with Gasteiger partial charge < -0.3 is 0 Å². The van der Waals surface area contributed by atoms with Gasteiger partial charge in [-0.2, -0.15) is 4.39 Å². The molecule has 26 valence electrons. The minimum absolute atomic E-state index is 1.70. The van der Waals surface area contributed by atoms with Gasteiger partial charge in [0.1, 0.15) is 0 Å². The Morgan fingerprint density at radius 3 is 2.25 bits per heavy atom. The number of rotatable bonds is 1. The van der Waals surface area contributed by atoms with Gasteiger partial charge in [0.15, 0.2) is 0 Å². The van der Waals surface area contributed by atoms with Crippen molar-refractivity contribution in [1.29, 1.82) is 0 Å². The predicted molar refractivity (Wildman–Crippen MR) is 14.3 cm³/mol. The van der Waals surface area contributed by atoms with Crippen LogP contribution >= 0.6 is 11.9 Å². The fourth-order valence-corrected chi connectivity index (χ4v) is 0. The molecule has 0 fully saturated rings. The Morgan fingerprint density at radius 2 is 2.25 bits per heavy atom. The quantitative estimate of drug-likeness (QED) is 0.332. The van der Waals surface area contributed by atoms with Crippen molar-refractivity contribution in [3.8, 4) is 0 Å². The molecule has 4 heteroatoms. The predicted octanol–water partition coefficient (Wildman–Crippen LogP) is -0.465. The Morgan fingerprint density at radius 1 is 2.00 bits per heavy atom. The summed E-state index contributed by atoms with van der Waals surface area (Å²) in [5.41, 5.74) is 1.70. The molecule has 4 heavy (non-hydrogen) atoms. The van der Waals surface area contributed by atoms with Crippen molar-refractivity contribution >= 4 is 11.9 Å². The van der Waals surface area contributed by atoms with E-state index >= 15 is 0 Å². The Bertz CT molecular complexity index is 8.00. The molecule has 0 saturated carbocycles. The van der Waals surface area contributed by atoms with Crippen LogP contribution in [0.15, 0.2) is 0 Å². The van der Waals surface area contributed by atoms with Crippen LogP contribution in [-0.4, -0.2) is 0 Å². The van der Waals surface area contributed by atoms with Gasteiger partial charge in [-0.15, -0.1) is 5.59 Å². The maximum Gasteiger partial charge on any atom is 0.0853 e. The summed E-state index contributed by atoms with van der Waals surface area (Å²) in [6.07, 6.45) is 0. The summed E-state index contributed by atoms with van der Waals surface area (Å²) in [6, 6.07) is 0. The van der Waals surface area contributed by atoms with E-state index in [0.29, 0.717) is 0 Å². The van der Waals surface area contributed by atoms with E-state index < -0.39 is 0 Å². The molecule has 0 saturated heterocycles. The Balaban J connectivity index is 1.97. The molecule has 0 rings (SSSR count). The molecule has 0 aromatic heterocycles. The molecule has 3 N–H and O–H groups in total. The zero-order valence-electron chi connectivity index (χ0n) is 1.86. The van der Waals surface area contributed by atoms with Crippen LogP contribution in [0.1, 0.15) is 0 Å². The fraction of sp³-hybridized carbons (Fsp3) is 0. The van der Waals surface area contributed by atoms with Gasteiger partial charge in [-0.1, -0.05) is 0 Å². The van der Waals surface area contributed by atoms with Gasteiger partial charge in [0, 0.05) is 0 Å². The van der Waals surface area contributed by atoms with E-state index in [2.05, 4.69) is 22.1 Å². The minimum Gasteiger partial charge on any atom is -0.246 e. The van der Waals surface area contributed by atoms with Gasteiger partial charge in [0.25, 0.3) is 0 Å². The van der Waals surface area contributed by atoms with Crippen LogP contribution in [0.25, 0.3) is 0 Å². The Hall–Kier alpha value is 0.170. The zero-order valence-corrected chi connectivity index (χ0v) is 2.62. The van der Waals surface area contributed by atoms with Crippen molar-refractivity contribution in [2.75, 3.05) is 0 Å². The molecule has 0 amide bonds. The third-order valence-electron chi connectivity index (χ3n) is 0.0445. The molecule has 0 bridgehead atoms. The van der Waals surface area contributed by atoms with E-state index in [9.17, 15) is 0 Å². The molecule has 0 heterocycles. The van der Waals surface area contributed by atoms with Crippen molar-refractivity contribution in [1.82, 2.24) is 5.59 Å². The highest BCUT2D eigenvalue weighted by atomic mass is 35.5. The van der Waals surface area contributed by atoms with Crippen molar-refractivity contribution < 1.29 is 4.39 Å². The molecule has 3 nitrogen and oxygen atoms in total. The van der Waals surface area contributed by atoms with Crippen LogP contribution in [0.4, 0.5) is 0 Å². The summed E-state index contributed by atoms with van der Waals surface area (Å²) in [5.74, 6) is 4.42. The molecule has 0 aliphatic heterocycles. The first kappa shape index (κ1) is 4.17. The molecule has 0 aromatic carbocycles. The summed E-state index contributed by atoms with van der Waals surface area (Å²) in [6.45, 7) is 0. The van der Waals surface area contributed by atoms with Gasteiger partial charge >= 0.3 is 0 Å². The first-order valence-corrected chi connectivity index (χ1v) is 0.956. The summed E-state index contributed by atoms with van der Waals surface area (Å²) < 4.78 is 3.54. The highest BCUT2D eigenvalue weighted by Crippen LogP contribution is 1.58. The van der Waals surface area contributed by atoms with Gasteiger partial charge in [0.05, 0.1) is 11.9 Å². The smallest absolute Gasteiger partial charge is 0.0853 e. The first-order chi connectivity index (χ1) is 1.91. The Kier molecular flexibility index (Phi) is 3.30. The lowest BCUT2D eigenvalue weighted by atomic mass is 12.8. The highest BCUT2D eigenvalue weighted by Gasteiger charge is 1.50. The minimum atomic E-state index is 1.70. The summed E-state index contributed by atoms with van der Waals surface area (Å²) >= 11 is 4.45. The molecule has 0 atom stereocenters. The van der Waals surface area contributed by atoms with E-state index in [1.807, 2.05) is 0 Å². The second-order valence-corrected chi connectivity index (χ2v) is 0.349. The Labute approximate surface area is 28.8 Å². The summed E-state index contributed by atoms with van der Waals surface area (Å²) in [7, 11) is 0. The van der Waals surface area contributed by atoms with Crippen LogP contribution in [0, 0.1) is 0 Å². The largest absolute Gasteiger partial charge is 0.246 e. The van der Waals surface area contributed by atoms with E-state index in [-0.39, 0.29) is 0 Å². The normalized spacial score (nSPS) is 7.50. The molecule has 0 aromatic rings. The van der Waals surface area contributed by atoms with Crippen LogP contribution in [0.3, 0.4) is 0 Å². The number of hydrazine groups is 1. The topological polar surface area (TPSA) is 47.3 Å². The van der Waals surface area contributed by atoms with E-state index in [1.54, 1.807) is 5.59 Å². The molecular formula is H3ClN2O. The zero-order chi connectivity index (χ0) is 3.41. The van der Waals surface area contributed by atoms with Gasteiger partial charge in [-0.3, -0.25) is 0 Å². The SMILES string of the molecule is NNOCl. The number of nitrogens with one attached hydrogen (secondary N) is 1. The van der Waals surface area contributed by atoms with Crippen molar-refractivity contribution in [3.05, 3.63) is 0 Å². The molecule has 0 spiro atoms. The maximum atomic E-state index is 4.45. The lowest BCUT2D eigenvalue weighted by Crippen LogP contribution is -2.16. The molecule has 0 aliphatic rings. The third kappa shape index (κ3) is 2.17. The van der Waals surface area contributed by atoms with Gasteiger partial charge in [-0.05, 0) is 0 Å². The standard InChI is InChI=1S/ClH3N2O/c1-4-3-2/h3H,2H2. The third-order valence-corrected chi connectivity index (χ3v) is 0.134. The first-order valence-electron chi connectivity index (χ1n) is 0.647. The number of hydrogen-bond donors (Lipinski definition) is 2. The second-order valence-electron chi connectivity index (χ2n) is 0.195. The van der Waals surface area contributed by atoms with E-state index in [4.69, 9.17) is 0 Å². The molecular weight excluding hydrogens is 79.5 g/mol. The van der Waals surface area contributed by atoms with Gasteiger partial charge in [-0.25, -0.2) is 5.84 Å². The van der Waals surface area contributed by atoms with Crippen molar-refractivity contribution in [3.63, 3.8) is 0 Å². The lowest BCUT2D eigenvalue weighted by molar-refractivity contribution is 0.223. The van der Waals surface area contributed by atoms with Crippen LogP contribution in [0.5, 0.6) is 0 Å². The van der Waals surface area contributed by atoms with E-state index in [0.717, 1.165) is 0 Å². The molecule has 0 unspecified atom stereocenters. The average Bonchev–Trinajstić information content (AvgIpc) is 1.37. The van der Waals surface area contributed by atoms with Crippen LogP contribution < -0.4 is 11.4 Å². The van der Waals surface area contributed by atoms with Crippen molar-refractivity contribution in [2.24, 2.45) is 5.84 Å². The van der Waals surface area contributed by atoms with Gasteiger partial charge in [0.2, 0.25) is 0 Å². The maximum absolute atomic E-state index is 4.45. The van der Waals surface area contributed by atoms with Crippen LogP contribution in [0.2, 0.25) is 0 Å². The fourth-order valence-electron chi connectivity index (χ4n) is 0. The molecule has 0 radical (unpaired) electrons. The highest BCUT2D eigenvalue weighted by molar-refractivity contribution is 6.07. The van der Waals surface area contributed by atoms with E-state index in [1.165, 1.54) is 0 Å². The second kappa shape index (κ2) is 3.17.